The van der Waals surface area contributed by atoms with Gasteiger partial charge < -0.3 is 19.0 Å². The molecule has 25 heavy (non-hydrogen) atoms. The molecule has 1 N–H and O–H groups in total. The van der Waals surface area contributed by atoms with E-state index in [0.717, 1.165) is 5.56 Å². The van der Waals surface area contributed by atoms with Crippen LogP contribution in [-0.4, -0.2) is 33.6 Å². The second-order valence-electron chi connectivity index (χ2n) is 6.11. The third kappa shape index (κ3) is 8.13. The van der Waals surface area contributed by atoms with E-state index in [1.54, 1.807) is 6.08 Å². The van der Waals surface area contributed by atoms with Gasteiger partial charge in [-0.05, 0) is 37.7 Å². The summed E-state index contributed by atoms with van der Waals surface area (Å²) in [5.74, 6) is 5.92. The van der Waals surface area contributed by atoms with Gasteiger partial charge in [0, 0.05) is 11.6 Å². The molecule has 0 heterocycles. The number of carbonyl (C=O) groups is 1. The van der Waals surface area contributed by atoms with Crippen LogP contribution in [0.2, 0.25) is 19.6 Å². The molecule has 0 saturated heterocycles. The monoisotopic (exact) mass is 360 g/mol. The normalized spacial score (nSPS) is 12.4. The van der Waals surface area contributed by atoms with Crippen LogP contribution < -0.4 is 0 Å². The minimum absolute atomic E-state index is 0.202. The number of rotatable bonds is 7. The van der Waals surface area contributed by atoms with Crippen molar-refractivity contribution >= 4 is 14.3 Å². The first-order valence-corrected chi connectivity index (χ1v) is 11.2. The van der Waals surface area contributed by atoms with Gasteiger partial charge in [0.05, 0.1) is 14.2 Å². The van der Waals surface area contributed by atoms with Gasteiger partial charge in [-0.1, -0.05) is 24.1 Å². The minimum atomic E-state index is -1.92. The highest BCUT2D eigenvalue weighted by atomic mass is 28.4. The fraction of sp³-hybridized carbons (Fsp3) is 0.316. The lowest BCUT2D eigenvalue weighted by molar-refractivity contribution is -0.136. The van der Waals surface area contributed by atoms with Gasteiger partial charge >= 0.3 is 5.97 Å². The van der Waals surface area contributed by atoms with Crippen LogP contribution in [0.25, 0.3) is 0 Å². The van der Waals surface area contributed by atoms with Crippen LogP contribution in [-0.2, 0) is 18.7 Å². The molecule has 0 atom stereocenters. The maximum Gasteiger partial charge on any atom is 0.311 e. The van der Waals surface area contributed by atoms with Crippen molar-refractivity contribution in [2.24, 2.45) is 0 Å². The lowest BCUT2D eigenvalue weighted by Crippen LogP contribution is -2.24. The summed E-state index contributed by atoms with van der Waals surface area (Å²) in [5, 5.41) is 8.99. The molecule has 0 bridgehead atoms. The predicted octanol–water partition coefficient (Wildman–Crippen LogP) is 3.75. The van der Waals surface area contributed by atoms with Crippen LogP contribution in [0.1, 0.15) is 12.0 Å². The number of hydrogen-bond donors (Lipinski definition) is 1. The topological polar surface area (TPSA) is 65.0 Å². The molecular weight excluding hydrogens is 336 g/mol. The molecule has 0 aromatic heterocycles. The molecule has 6 heteroatoms. The maximum atomic E-state index is 11.0. The first kappa shape index (κ1) is 20.4. The van der Waals surface area contributed by atoms with Crippen molar-refractivity contribution in [2.45, 2.75) is 26.1 Å². The van der Waals surface area contributed by atoms with Crippen LogP contribution in [0.5, 0.6) is 0 Å². The molecule has 5 nitrogen and oxygen atoms in total. The Morgan fingerprint density at radius 1 is 1.16 bits per heavy atom. The lowest BCUT2D eigenvalue weighted by atomic mass is 10.2. The van der Waals surface area contributed by atoms with Crippen molar-refractivity contribution in [3.05, 3.63) is 59.2 Å². The minimum Gasteiger partial charge on any atom is -0.538 e. The Morgan fingerprint density at radius 2 is 1.80 bits per heavy atom. The van der Waals surface area contributed by atoms with E-state index in [1.807, 2.05) is 50.0 Å². The standard InChI is InChI=1S/C19H24O5Si/c1-22-17(18(23-2)14-19(20)21)13-16(24-25(3,4)5)12-11-15-9-7-6-8-10-15/h6-10,13H,14H2,1-5H3,(H,20,21)/b16-13+,18-17-. The Labute approximate surface area is 150 Å². The number of benzene rings is 1. The summed E-state index contributed by atoms with van der Waals surface area (Å²) < 4.78 is 16.4. The Bertz CT molecular complexity index is 703. The zero-order valence-electron chi connectivity index (χ0n) is 15.3. The molecule has 0 aliphatic heterocycles. The van der Waals surface area contributed by atoms with Gasteiger partial charge in [-0.3, -0.25) is 4.79 Å². The average Bonchev–Trinajstić information content (AvgIpc) is 2.55. The quantitative estimate of drug-likeness (QED) is 0.347. The second kappa shape index (κ2) is 9.60. The van der Waals surface area contributed by atoms with Gasteiger partial charge in [0.15, 0.2) is 11.5 Å². The number of ether oxygens (including phenoxy) is 2. The zero-order valence-corrected chi connectivity index (χ0v) is 16.3. The van der Waals surface area contributed by atoms with Gasteiger partial charge in [-0.2, -0.15) is 0 Å². The molecule has 0 spiro atoms. The third-order valence-electron chi connectivity index (χ3n) is 2.84. The predicted molar refractivity (Wildman–Crippen MR) is 99.1 cm³/mol. The van der Waals surface area contributed by atoms with Crippen molar-refractivity contribution in [2.75, 3.05) is 14.2 Å². The van der Waals surface area contributed by atoms with Crippen molar-refractivity contribution in [1.29, 1.82) is 0 Å². The number of methoxy groups -OCH3 is 2. The van der Waals surface area contributed by atoms with Gasteiger partial charge in [-0.15, -0.1) is 0 Å². The highest BCUT2D eigenvalue weighted by Crippen LogP contribution is 2.17. The highest BCUT2D eigenvalue weighted by Gasteiger charge is 2.18. The number of aliphatic carboxylic acids is 1. The van der Waals surface area contributed by atoms with E-state index in [9.17, 15) is 4.79 Å². The van der Waals surface area contributed by atoms with Crippen LogP contribution >= 0.6 is 0 Å². The Hall–Kier alpha value is -2.65. The molecule has 0 unspecified atom stereocenters. The lowest BCUT2D eigenvalue weighted by Gasteiger charge is -2.19. The fourth-order valence-electron chi connectivity index (χ4n) is 1.85. The SMILES string of the molecule is COC(/C=C(\C#Cc1ccccc1)O[Si](C)(C)C)=C(/CC(=O)O)OC. The molecule has 134 valence electrons. The Kier molecular flexibility index (Phi) is 7.83. The van der Waals surface area contributed by atoms with E-state index in [2.05, 4.69) is 11.8 Å². The summed E-state index contributed by atoms with van der Waals surface area (Å²) in [6, 6.07) is 9.53. The van der Waals surface area contributed by atoms with E-state index in [1.165, 1.54) is 14.2 Å². The molecule has 0 fully saturated rings. The van der Waals surface area contributed by atoms with Crippen LogP contribution in [0, 0.1) is 11.8 Å². The highest BCUT2D eigenvalue weighted by molar-refractivity contribution is 6.70. The second-order valence-corrected chi connectivity index (χ2v) is 10.5. The number of allylic oxidation sites excluding steroid dienone is 2. The molecule has 1 aromatic rings. The van der Waals surface area contributed by atoms with Gasteiger partial charge in [0.2, 0.25) is 8.32 Å². The van der Waals surface area contributed by atoms with Crippen LogP contribution in [0.15, 0.2) is 53.7 Å². The molecule has 0 radical (unpaired) electrons. The van der Waals surface area contributed by atoms with Gasteiger partial charge in [-0.25, -0.2) is 0 Å². The Balaban J connectivity index is 3.29. The molecule has 1 rings (SSSR count). The molecule has 0 aliphatic carbocycles. The molecule has 1 aromatic carbocycles. The van der Waals surface area contributed by atoms with Crippen molar-refractivity contribution in [3.63, 3.8) is 0 Å². The third-order valence-corrected chi connectivity index (χ3v) is 3.67. The van der Waals surface area contributed by atoms with Crippen molar-refractivity contribution in [3.8, 4) is 11.8 Å². The summed E-state index contributed by atoms with van der Waals surface area (Å²) in [6.45, 7) is 6.11. The van der Waals surface area contributed by atoms with Gasteiger partial charge in [0.25, 0.3) is 0 Å². The fourth-order valence-corrected chi connectivity index (χ4v) is 2.62. The number of carboxylic acids is 1. The molecular formula is C19H24O5Si. The zero-order chi connectivity index (χ0) is 18.9. The molecule has 0 amide bonds. The smallest absolute Gasteiger partial charge is 0.311 e. The first-order chi connectivity index (χ1) is 11.7. The Morgan fingerprint density at radius 3 is 2.28 bits per heavy atom. The average molecular weight is 360 g/mol. The van der Waals surface area contributed by atoms with Crippen LogP contribution in [0.4, 0.5) is 0 Å². The number of hydrogen-bond acceptors (Lipinski definition) is 4. The largest absolute Gasteiger partial charge is 0.538 e. The number of carboxylic acid groups (broad SMARTS) is 1. The summed E-state index contributed by atoms with van der Waals surface area (Å²) in [5.41, 5.74) is 0.855. The summed E-state index contributed by atoms with van der Waals surface area (Å²) >= 11 is 0. The maximum absolute atomic E-state index is 11.0. The van der Waals surface area contributed by atoms with E-state index in [0.29, 0.717) is 5.76 Å². The van der Waals surface area contributed by atoms with Gasteiger partial charge in [0.1, 0.15) is 12.2 Å². The molecule has 0 aliphatic rings. The van der Waals surface area contributed by atoms with E-state index in [4.69, 9.17) is 19.0 Å². The van der Waals surface area contributed by atoms with E-state index in [-0.39, 0.29) is 17.9 Å². The van der Waals surface area contributed by atoms with Crippen molar-refractivity contribution in [1.82, 2.24) is 0 Å². The van der Waals surface area contributed by atoms with Crippen molar-refractivity contribution < 1.29 is 23.8 Å². The summed E-state index contributed by atoms with van der Waals surface area (Å²) in [4.78, 5) is 11.0. The summed E-state index contributed by atoms with van der Waals surface area (Å²) in [7, 11) is 0.929. The van der Waals surface area contributed by atoms with E-state index < -0.39 is 14.3 Å². The van der Waals surface area contributed by atoms with Crippen LogP contribution in [0.3, 0.4) is 0 Å². The van der Waals surface area contributed by atoms with E-state index >= 15 is 0 Å². The first-order valence-electron chi connectivity index (χ1n) is 7.76. The summed E-state index contributed by atoms with van der Waals surface area (Å²) in [6.07, 6.45) is 1.29. The molecule has 0 saturated carbocycles.